The van der Waals surface area contributed by atoms with Gasteiger partial charge in [0.2, 0.25) is 5.75 Å². The molecule has 0 aromatic carbocycles. The molecule has 3 nitrogen and oxygen atoms in total. The highest BCUT2D eigenvalue weighted by molar-refractivity contribution is 5.31. The zero-order valence-corrected chi connectivity index (χ0v) is 5.66. The van der Waals surface area contributed by atoms with E-state index in [2.05, 4.69) is 0 Å². The summed E-state index contributed by atoms with van der Waals surface area (Å²) in [6, 6.07) is 1.75. The largest absolute Gasteiger partial charge is 0.480 e. The van der Waals surface area contributed by atoms with E-state index in [1.807, 2.05) is 6.92 Å². The van der Waals surface area contributed by atoms with Crippen molar-refractivity contribution in [1.82, 2.24) is 0 Å². The van der Waals surface area contributed by atoms with Gasteiger partial charge >= 0.3 is 5.95 Å². The third-order valence-electron chi connectivity index (χ3n) is 1.37. The maximum atomic E-state index is 5.35. The molecule has 2 rings (SSSR count). The molecule has 0 saturated heterocycles. The van der Waals surface area contributed by atoms with Gasteiger partial charge in [-0.05, 0) is 6.92 Å². The topological polar surface area (TPSA) is 31.6 Å². The van der Waals surface area contributed by atoms with E-state index in [-0.39, 0.29) is 6.10 Å². The van der Waals surface area contributed by atoms with E-state index >= 15 is 0 Å². The molecule has 2 heterocycles. The summed E-state index contributed by atoms with van der Waals surface area (Å²) >= 11 is 0. The van der Waals surface area contributed by atoms with Crippen LogP contribution in [0, 0.1) is 0 Å². The highest BCUT2D eigenvalue weighted by atomic mass is 16.6. The van der Waals surface area contributed by atoms with E-state index in [1.165, 1.54) is 0 Å². The third-order valence-corrected chi connectivity index (χ3v) is 1.37. The Morgan fingerprint density at radius 2 is 2.50 bits per heavy atom. The molecule has 0 fully saturated rings. The van der Waals surface area contributed by atoms with Crippen molar-refractivity contribution in [3.8, 4) is 11.7 Å². The van der Waals surface area contributed by atoms with Crippen LogP contribution in [0.2, 0.25) is 0 Å². The van der Waals surface area contributed by atoms with Gasteiger partial charge in [-0.3, -0.25) is 0 Å². The molecule has 1 aromatic rings. The van der Waals surface area contributed by atoms with Gasteiger partial charge in [0.25, 0.3) is 0 Å². The molecule has 0 aliphatic carbocycles. The van der Waals surface area contributed by atoms with Crippen molar-refractivity contribution in [2.45, 2.75) is 13.0 Å². The molecule has 1 aromatic heterocycles. The Kier molecular flexibility index (Phi) is 1.09. The van der Waals surface area contributed by atoms with Gasteiger partial charge in [0.15, 0.2) is 0 Å². The molecule has 1 aliphatic heterocycles. The second kappa shape index (κ2) is 1.94. The predicted octanol–water partition coefficient (Wildman–Crippen LogP) is 1.44. The standard InChI is InChI=1S/C7H8O3/c1-5-4-9-7-6(10-5)2-3-8-7/h2-3,5H,4H2,1H3. The summed E-state index contributed by atoms with van der Waals surface area (Å²) in [7, 11) is 0. The van der Waals surface area contributed by atoms with E-state index in [0.717, 1.165) is 0 Å². The van der Waals surface area contributed by atoms with Crippen molar-refractivity contribution >= 4 is 0 Å². The number of ether oxygens (including phenoxy) is 2. The van der Waals surface area contributed by atoms with Crippen LogP contribution in [0.1, 0.15) is 6.92 Å². The fraction of sp³-hybridized carbons (Fsp3) is 0.429. The van der Waals surface area contributed by atoms with Crippen LogP contribution in [-0.2, 0) is 0 Å². The Labute approximate surface area is 58.5 Å². The van der Waals surface area contributed by atoms with Crippen LogP contribution in [0.3, 0.4) is 0 Å². The molecule has 0 amide bonds. The molecular weight excluding hydrogens is 132 g/mol. The van der Waals surface area contributed by atoms with E-state index in [0.29, 0.717) is 18.3 Å². The zero-order valence-electron chi connectivity index (χ0n) is 5.66. The van der Waals surface area contributed by atoms with Crippen LogP contribution in [0.25, 0.3) is 0 Å². The quantitative estimate of drug-likeness (QED) is 0.546. The number of rotatable bonds is 0. The second-order valence-corrected chi connectivity index (χ2v) is 2.31. The van der Waals surface area contributed by atoms with Gasteiger partial charge in [-0.1, -0.05) is 0 Å². The van der Waals surface area contributed by atoms with Crippen LogP contribution >= 0.6 is 0 Å². The number of fused-ring (bicyclic) bond motifs is 1. The highest BCUT2D eigenvalue weighted by Gasteiger charge is 2.19. The molecule has 10 heavy (non-hydrogen) atoms. The van der Waals surface area contributed by atoms with Crippen LogP contribution in [0.4, 0.5) is 0 Å². The molecule has 3 heteroatoms. The van der Waals surface area contributed by atoms with Gasteiger partial charge in [0.1, 0.15) is 12.7 Å². The molecule has 0 N–H and O–H groups in total. The van der Waals surface area contributed by atoms with Gasteiger partial charge < -0.3 is 13.9 Å². The normalized spacial score (nSPS) is 22.7. The van der Waals surface area contributed by atoms with Gasteiger partial charge in [0, 0.05) is 6.07 Å². The minimum atomic E-state index is 0.130. The first-order valence-electron chi connectivity index (χ1n) is 3.23. The minimum absolute atomic E-state index is 0.130. The second-order valence-electron chi connectivity index (χ2n) is 2.31. The maximum Gasteiger partial charge on any atom is 0.328 e. The lowest BCUT2D eigenvalue weighted by Crippen LogP contribution is -2.24. The summed E-state index contributed by atoms with van der Waals surface area (Å²) in [4.78, 5) is 0. The van der Waals surface area contributed by atoms with E-state index < -0.39 is 0 Å². The monoisotopic (exact) mass is 140 g/mol. The zero-order chi connectivity index (χ0) is 6.97. The summed E-state index contributed by atoms with van der Waals surface area (Å²) < 4.78 is 15.5. The Balaban J connectivity index is 2.30. The molecule has 1 aliphatic rings. The fourth-order valence-electron chi connectivity index (χ4n) is 0.920. The summed E-state index contributed by atoms with van der Waals surface area (Å²) in [6.45, 7) is 2.52. The SMILES string of the molecule is CC1COc2occc2O1. The van der Waals surface area contributed by atoms with Crippen LogP contribution < -0.4 is 9.47 Å². The average molecular weight is 140 g/mol. The Hall–Kier alpha value is -1.12. The molecule has 54 valence electrons. The Bertz CT molecular complexity index is 229. The van der Waals surface area contributed by atoms with E-state index in [1.54, 1.807) is 12.3 Å². The van der Waals surface area contributed by atoms with E-state index in [4.69, 9.17) is 13.9 Å². The highest BCUT2D eigenvalue weighted by Crippen LogP contribution is 2.32. The lowest BCUT2D eigenvalue weighted by atomic mass is 10.4. The van der Waals surface area contributed by atoms with E-state index in [9.17, 15) is 0 Å². The molecule has 0 saturated carbocycles. The number of hydrogen-bond donors (Lipinski definition) is 0. The van der Waals surface area contributed by atoms with Crippen molar-refractivity contribution < 1.29 is 13.9 Å². The molecule has 0 radical (unpaired) electrons. The number of hydrogen-bond acceptors (Lipinski definition) is 3. The Morgan fingerprint density at radius 3 is 3.40 bits per heavy atom. The first kappa shape index (κ1) is 5.65. The van der Waals surface area contributed by atoms with Crippen molar-refractivity contribution in [1.29, 1.82) is 0 Å². The molecule has 0 bridgehead atoms. The van der Waals surface area contributed by atoms with Gasteiger partial charge in [-0.2, -0.15) is 0 Å². The molecule has 1 unspecified atom stereocenters. The summed E-state index contributed by atoms with van der Waals surface area (Å²) in [6.07, 6.45) is 1.69. The number of furan rings is 1. The smallest absolute Gasteiger partial charge is 0.328 e. The minimum Gasteiger partial charge on any atom is -0.480 e. The first-order valence-corrected chi connectivity index (χ1v) is 3.23. The predicted molar refractivity (Wildman–Crippen MR) is 34.3 cm³/mol. The van der Waals surface area contributed by atoms with Crippen molar-refractivity contribution in [3.63, 3.8) is 0 Å². The average Bonchev–Trinajstić information content (AvgIpc) is 2.33. The summed E-state index contributed by atoms with van der Waals surface area (Å²) in [5, 5.41) is 0. The van der Waals surface area contributed by atoms with Gasteiger partial charge in [0.05, 0.1) is 6.26 Å². The maximum absolute atomic E-state index is 5.35. The fourth-order valence-corrected chi connectivity index (χ4v) is 0.920. The van der Waals surface area contributed by atoms with Crippen molar-refractivity contribution in [3.05, 3.63) is 12.3 Å². The molecule has 1 atom stereocenters. The van der Waals surface area contributed by atoms with Crippen LogP contribution in [0.5, 0.6) is 11.7 Å². The lowest BCUT2D eigenvalue weighted by molar-refractivity contribution is 0.0811. The Morgan fingerprint density at radius 1 is 1.60 bits per heavy atom. The summed E-state index contributed by atoms with van der Waals surface area (Å²) in [5.74, 6) is 1.21. The third kappa shape index (κ3) is 0.744. The van der Waals surface area contributed by atoms with Crippen molar-refractivity contribution in [2.24, 2.45) is 0 Å². The lowest BCUT2D eigenvalue weighted by Gasteiger charge is -2.19. The van der Waals surface area contributed by atoms with Crippen molar-refractivity contribution in [2.75, 3.05) is 6.61 Å². The molecule has 0 spiro atoms. The first-order chi connectivity index (χ1) is 4.86. The summed E-state index contributed by atoms with van der Waals surface area (Å²) in [5.41, 5.74) is 0. The van der Waals surface area contributed by atoms with Crippen LogP contribution in [-0.4, -0.2) is 12.7 Å². The van der Waals surface area contributed by atoms with Gasteiger partial charge in [-0.15, -0.1) is 0 Å². The molecular formula is C7H8O3. The van der Waals surface area contributed by atoms with Gasteiger partial charge in [-0.25, -0.2) is 0 Å². The van der Waals surface area contributed by atoms with Crippen LogP contribution in [0.15, 0.2) is 16.7 Å².